The predicted molar refractivity (Wildman–Crippen MR) is 72.8 cm³/mol. The molecule has 94 valence electrons. The van der Waals surface area contributed by atoms with Crippen LogP contribution < -0.4 is 0 Å². The Morgan fingerprint density at radius 1 is 1.11 bits per heavy atom. The molecule has 0 atom stereocenters. The van der Waals surface area contributed by atoms with E-state index < -0.39 is 0 Å². The first kappa shape index (κ1) is 12.6. The Morgan fingerprint density at radius 2 is 1.89 bits per heavy atom. The van der Waals surface area contributed by atoms with E-state index >= 15 is 0 Å². The first-order valence-electron chi connectivity index (χ1n) is 6.47. The van der Waals surface area contributed by atoms with Crippen LogP contribution in [-0.2, 0) is 6.42 Å². The number of hydrogen-bond donors (Lipinski definition) is 0. The summed E-state index contributed by atoms with van der Waals surface area (Å²) in [4.78, 5) is 11.6. The minimum absolute atomic E-state index is 0.0502. The lowest BCUT2D eigenvalue weighted by Gasteiger charge is -2.05. The summed E-state index contributed by atoms with van der Waals surface area (Å²) in [5, 5.41) is 0. The number of rotatable bonds is 5. The molecule has 0 amide bonds. The smallest absolute Gasteiger partial charge is 0.197 e. The van der Waals surface area contributed by atoms with Crippen LogP contribution in [0.15, 0.2) is 40.8 Å². The Labute approximate surface area is 108 Å². The summed E-state index contributed by atoms with van der Waals surface area (Å²) in [5.74, 6) is 1.30. The van der Waals surface area contributed by atoms with Gasteiger partial charge in [0.15, 0.2) is 11.5 Å². The minimum Gasteiger partial charge on any atom is -0.453 e. The van der Waals surface area contributed by atoms with E-state index in [2.05, 4.69) is 13.0 Å². The molecule has 0 aliphatic rings. The summed E-state index contributed by atoms with van der Waals surface area (Å²) < 4.78 is 5.66. The van der Waals surface area contributed by atoms with E-state index in [1.165, 1.54) is 5.56 Å². The minimum atomic E-state index is 0.0502. The number of furan rings is 1. The SMILES string of the molecule is CCCc1ccccc1-c1ccc(C(=O)CC)o1. The van der Waals surface area contributed by atoms with Gasteiger partial charge in [0, 0.05) is 12.0 Å². The standard InChI is InChI=1S/C16H18O2/c1-3-7-12-8-5-6-9-13(12)15-10-11-16(18-15)14(17)4-2/h5-6,8-11H,3-4,7H2,1-2H3. The van der Waals surface area contributed by atoms with E-state index in [1.807, 2.05) is 31.2 Å². The predicted octanol–water partition coefficient (Wildman–Crippen LogP) is 4.49. The van der Waals surface area contributed by atoms with Crippen molar-refractivity contribution in [2.45, 2.75) is 33.1 Å². The average molecular weight is 242 g/mol. The van der Waals surface area contributed by atoms with Gasteiger partial charge in [0.1, 0.15) is 5.76 Å². The van der Waals surface area contributed by atoms with Gasteiger partial charge in [-0.2, -0.15) is 0 Å². The van der Waals surface area contributed by atoms with E-state index in [0.29, 0.717) is 12.2 Å². The molecule has 1 aromatic heterocycles. The molecular formula is C16H18O2. The molecule has 1 aromatic carbocycles. The summed E-state index contributed by atoms with van der Waals surface area (Å²) in [6, 6.07) is 11.8. The van der Waals surface area contributed by atoms with Gasteiger partial charge < -0.3 is 4.42 Å². The van der Waals surface area contributed by atoms with Crippen LogP contribution in [0.25, 0.3) is 11.3 Å². The van der Waals surface area contributed by atoms with Gasteiger partial charge in [0.2, 0.25) is 0 Å². The van der Waals surface area contributed by atoms with Crippen LogP contribution in [0.4, 0.5) is 0 Å². The Kier molecular flexibility index (Phi) is 3.98. The van der Waals surface area contributed by atoms with Crippen molar-refractivity contribution in [1.29, 1.82) is 0 Å². The number of carbonyl (C=O) groups excluding carboxylic acids is 1. The van der Waals surface area contributed by atoms with Crippen LogP contribution in [0.2, 0.25) is 0 Å². The molecule has 0 aliphatic carbocycles. The molecule has 2 heteroatoms. The summed E-state index contributed by atoms with van der Waals surface area (Å²) >= 11 is 0. The van der Waals surface area contributed by atoms with Crippen molar-refractivity contribution in [2.24, 2.45) is 0 Å². The molecule has 0 unspecified atom stereocenters. The molecule has 0 spiro atoms. The molecule has 0 saturated heterocycles. The van der Waals surface area contributed by atoms with Crippen molar-refractivity contribution in [3.05, 3.63) is 47.7 Å². The van der Waals surface area contributed by atoms with E-state index in [9.17, 15) is 4.79 Å². The van der Waals surface area contributed by atoms with Gasteiger partial charge in [0.05, 0.1) is 0 Å². The normalized spacial score (nSPS) is 10.6. The molecule has 1 heterocycles. The molecular weight excluding hydrogens is 224 g/mol. The lowest BCUT2D eigenvalue weighted by atomic mass is 10.0. The average Bonchev–Trinajstić information content (AvgIpc) is 2.88. The molecule has 0 radical (unpaired) electrons. The van der Waals surface area contributed by atoms with Crippen LogP contribution in [-0.4, -0.2) is 5.78 Å². The second-order valence-corrected chi connectivity index (χ2v) is 4.35. The van der Waals surface area contributed by atoms with Gasteiger partial charge in [-0.25, -0.2) is 0 Å². The monoisotopic (exact) mass is 242 g/mol. The zero-order valence-corrected chi connectivity index (χ0v) is 10.9. The fraction of sp³-hybridized carbons (Fsp3) is 0.312. The topological polar surface area (TPSA) is 30.2 Å². The Balaban J connectivity index is 2.36. The number of hydrogen-bond acceptors (Lipinski definition) is 2. The second kappa shape index (κ2) is 5.67. The highest BCUT2D eigenvalue weighted by Gasteiger charge is 2.12. The first-order chi connectivity index (χ1) is 8.76. The summed E-state index contributed by atoms with van der Waals surface area (Å²) in [7, 11) is 0. The molecule has 0 saturated carbocycles. The fourth-order valence-electron chi connectivity index (χ4n) is 2.05. The van der Waals surface area contributed by atoms with E-state index in [1.54, 1.807) is 6.07 Å². The van der Waals surface area contributed by atoms with Gasteiger partial charge in [-0.05, 0) is 24.1 Å². The molecule has 0 fully saturated rings. The quantitative estimate of drug-likeness (QED) is 0.723. The van der Waals surface area contributed by atoms with Crippen molar-refractivity contribution in [2.75, 3.05) is 0 Å². The Bertz CT molecular complexity index is 538. The number of ketones is 1. The van der Waals surface area contributed by atoms with Crippen LogP contribution in [0.5, 0.6) is 0 Å². The van der Waals surface area contributed by atoms with Gasteiger partial charge in [-0.3, -0.25) is 4.79 Å². The van der Waals surface area contributed by atoms with Gasteiger partial charge in [0.25, 0.3) is 0 Å². The molecule has 2 aromatic rings. The third kappa shape index (κ3) is 2.53. The van der Waals surface area contributed by atoms with E-state index in [4.69, 9.17) is 4.42 Å². The molecule has 0 aliphatic heterocycles. The van der Waals surface area contributed by atoms with Gasteiger partial charge in [-0.15, -0.1) is 0 Å². The highest BCUT2D eigenvalue weighted by molar-refractivity contribution is 5.93. The van der Waals surface area contributed by atoms with Gasteiger partial charge >= 0.3 is 0 Å². The van der Waals surface area contributed by atoms with Crippen molar-refractivity contribution in [1.82, 2.24) is 0 Å². The highest BCUT2D eigenvalue weighted by Crippen LogP contribution is 2.27. The largest absolute Gasteiger partial charge is 0.453 e. The highest BCUT2D eigenvalue weighted by atomic mass is 16.3. The number of aryl methyl sites for hydroxylation is 1. The van der Waals surface area contributed by atoms with Crippen molar-refractivity contribution in [3.8, 4) is 11.3 Å². The maximum Gasteiger partial charge on any atom is 0.197 e. The molecule has 2 rings (SSSR count). The zero-order chi connectivity index (χ0) is 13.0. The number of benzene rings is 1. The fourth-order valence-corrected chi connectivity index (χ4v) is 2.05. The molecule has 0 N–H and O–H groups in total. The lowest BCUT2D eigenvalue weighted by molar-refractivity contribution is 0.0962. The maximum atomic E-state index is 11.6. The second-order valence-electron chi connectivity index (χ2n) is 4.35. The van der Waals surface area contributed by atoms with Gasteiger partial charge in [-0.1, -0.05) is 44.5 Å². The summed E-state index contributed by atoms with van der Waals surface area (Å²) in [5.41, 5.74) is 2.36. The van der Waals surface area contributed by atoms with Crippen molar-refractivity contribution in [3.63, 3.8) is 0 Å². The van der Waals surface area contributed by atoms with E-state index in [-0.39, 0.29) is 5.78 Å². The van der Waals surface area contributed by atoms with Crippen molar-refractivity contribution >= 4 is 5.78 Å². The van der Waals surface area contributed by atoms with Crippen molar-refractivity contribution < 1.29 is 9.21 Å². The molecule has 18 heavy (non-hydrogen) atoms. The first-order valence-corrected chi connectivity index (χ1v) is 6.47. The molecule has 2 nitrogen and oxygen atoms in total. The maximum absolute atomic E-state index is 11.6. The van der Waals surface area contributed by atoms with Crippen LogP contribution in [0, 0.1) is 0 Å². The van der Waals surface area contributed by atoms with E-state index in [0.717, 1.165) is 24.2 Å². The third-order valence-electron chi connectivity index (χ3n) is 3.00. The number of Topliss-reactive ketones (excluding diaryl/α,β-unsaturated/α-hetero) is 1. The van der Waals surface area contributed by atoms with Crippen LogP contribution in [0.3, 0.4) is 0 Å². The summed E-state index contributed by atoms with van der Waals surface area (Å²) in [6.07, 6.45) is 2.59. The third-order valence-corrected chi connectivity index (χ3v) is 3.00. The Hall–Kier alpha value is -1.83. The Morgan fingerprint density at radius 3 is 2.61 bits per heavy atom. The summed E-state index contributed by atoms with van der Waals surface area (Å²) in [6.45, 7) is 4.00. The number of carbonyl (C=O) groups is 1. The lowest BCUT2D eigenvalue weighted by Crippen LogP contribution is -1.92. The molecule has 0 bridgehead atoms. The van der Waals surface area contributed by atoms with Crippen LogP contribution in [0.1, 0.15) is 42.8 Å². The van der Waals surface area contributed by atoms with Crippen LogP contribution >= 0.6 is 0 Å². The zero-order valence-electron chi connectivity index (χ0n) is 10.9.